The summed E-state index contributed by atoms with van der Waals surface area (Å²) in [4.78, 5) is 12.5. The van der Waals surface area contributed by atoms with Crippen molar-refractivity contribution in [3.05, 3.63) is 70.5 Å². The van der Waals surface area contributed by atoms with E-state index >= 15 is 0 Å². The van der Waals surface area contributed by atoms with Crippen LogP contribution in [0.4, 0.5) is 21.7 Å². The van der Waals surface area contributed by atoms with Gasteiger partial charge in [-0.3, -0.25) is 4.98 Å². The molecule has 3 rings (SSSR count). The predicted molar refractivity (Wildman–Crippen MR) is 131 cm³/mol. The average Bonchev–Trinajstić information content (AvgIpc) is 2.81. The average molecular weight is 471 g/mol. The number of pyridine rings is 1. The van der Waals surface area contributed by atoms with Crippen molar-refractivity contribution < 1.29 is 9.13 Å². The maximum absolute atomic E-state index is 14.0. The van der Waals surface area contributed by atoms with E-state index in [1.54, 1.807) is 12.4 Å². The standard InChI is InChI=1S/C24H28ClFN6O/c1-3-12-33-13-5-4-9-22-21(26)16-28-24(31-22)32-29-15-18-10-11-19(14-27-18)30-23-17(2)7-6-8-20(23)25/h6-8,10-11,14-16,30H,3-5,9,12-13H2,1-2H3,(H,28,31,32)/b29-15-. The molecule has 0 saturated heterocycles. The highest BCUT2D eigenvalue weighted by molar-refractivity contribution is 6.33. The maximum atomic E-state index is 14.0. The smallest absolute Gasteiger partial charge is 0.243 e. The van der Waals surface area contributed by atoms with Gasteiger partial charge in [0.15, 0.2) is 5.82 Å². The fourth-order valence-electron chi connectivity index (χ4n) is 3.02. The molecule has 2 aromatic heterocycles. The fraction of sp³-hybridized carbons (Fsp3) is 0.333. The molecule has 2 N–H and O–H groups in total. The first kappa shape index (κ1) is 24.5. The van der Waals surface area contributed by atoms with Gasteiger partial charge in [-0.05, 0) is 56.4 Å². The number of aryl methyl sites for hydroxylation is 2. The van der Waals surface area contributed by atoms with Gasteiger partial charge in [0.05, 0.1) is 46.4 Å². The lowest BCUT2D eigenvalue weighted by molar-refractivity contribution is 0.131. The Morgan fingerprint density at radius 3 is 2.76 bits per heavy atom. The molecule has 0 radical (unpaired) electrons. The van der Waals surface area contributed by atoms with E-state index in [0.29, 0.717) is 29.4 Å². The van der Waals surface area contributed by atoms with Crippen molar-refractivity contribution in [1.82, 2.24) is 15.0 Å². The highest BCUT2D eigenvalue weighted by Crippen LogP contribution is 2.28. The minimum absolute atomic E-state index is 0.234. The molecule has 0 aliphatic heterocycles. The van der Waals surface area contributed by atoms with E-state index in [1.807, 2.05) is 37.3 Å². The zero-order valence-corrected chi connectivity index (χ0v) is 19.6. The normalized spacial score (nSPS) is 11.2. The molecule has 7 nitrogen and oxygen atoms in total. The maximum Gasteiger partial charge on any atom is 0.243 e. The Balaban J connectivity index is 1.52. The molecule has 0 saturated carbocycles. The molecule has 0 unspecified atom stereocenters. The number of aromatic nitrogens is 3. The van der Waals surface area contributed by atoms with E-state index in [9.17, 15) is 4.39 Å². The zero-order valence-electron chi connectivity index (χ0n) is 18.8. The lowest BCUT2D eigenvalue weighted by atomic mass is 10.2. The minimum atomic E-state index is -0.419. The zero-order chi connectivity index (χ0) is 23.5. The molecule has 0 atom stereocenters. The Hall–Kier alpha value is -3.10. The SMILES string of the molecule is CCCOCCCCc1nc(N/N=C\c2ccc(Nc3c(C)cccc3Cl)cn2)ncc1F. The van der Waals surface area contributed by atoms with Gasteiger partial charge >= 0.3 is 0 Å². The number of para-hydroxylation sites is 1. The monoisotopic (exact) mass is 470 g/mol. The van der Waals surface area contributed by atoms with Gasteiger partial charge in [0, 0.05) is 13.2 Å². The molecule has 0 bridgehead atoms. The summed E-state index contributed by atoms with van der Waals surface area (Å²) in [5.74, 6) is -0.185. The Labute approximate surface area is 198 Å². The summed E-state index contributed by atoms with van der Waals surface area (Å²) in [5, 5.41) is 8.03. The number of hydrogen-bond acceptors (Lipinski definition) is 7. The molecule has 3 aromatic rings. The van der Waals surface area contributed by atoms with Crippen molar-refractivity contribution in [3.63, 3.8) is 0 Å². The molecule has 0 aliphatic rings. The quantitative estimate of drug-likeness (QED) is 0.194. The molecular weight excluding hydrogens is 443 g/mol. The predicted octanol–water partition coefficient (Wildman–Crippen LogP) is 5.91. The molecule has 174 valence electrons. The first-order valence-corrected chi connectivity index (χ1v) is 11.3. The van der Waals surface area contributed by atoms with Gasteiger partial charge in [0.25, 0.3) is 0 Å². The lowest BCUT2D eigenvalue weighted by Gasteiger charge is -2.11. The third-order valence-corrected chi connectivity index (χ3v) is 5.07. The summed E-state index contributed by atoms with van der Waals surface area (Å²) in [5.41, 5.74) is 6.43. The molecule has 2 heterocycles. The molecule has 0 fully saturated rings. The number of halogens is 2. The van der Waals surface area contributed by atoms with Crippen LogP contribution in [0.5, 0.6) is 0 Å². The third-order valence-electron chi connectivity index (χ3n) is 4.76. The number of anilines is 3. The summed E-state index contributed by atoms with van der Waals surface area (Å²) in [6.07, 6.45) is 7.55. The van der Waals surface area contributed by atoms with Crippen LogP contribution in [-0.2, 0) is 11.2 Å². The van der Waals surface area contributed by atoms with Crippen LogP contribution in [-0.4, -0.2) is 34.4 Å². The molecule has 0 aliphatic carbocycles. The largest absolute Gasteiger partial charge is 0.381 e. The second kappa shape index (κ2) is 12.8. The van der Waals surface area contributed by atoms with Crippen LogP contribution in [0.1, 0.15) is 43.1 Å². The van der Waals surface area contributed by atoms with Crippen molar-refractivity contribution in [1.29, 1.82) is 0 Å². The van der Waals surface area contributed by atoms with Crippen LogP contribution in [0.15, 0.2) is 47.8 Å². The summed E-state index contributed by atoms with van der Waals surface area (Å²) in [7, 11) is 0. The van der Waals surface area contributed by atoms with Crippen LogP contribution < -0.4 is 10.7 Å². The molecule has 33 heavy (non-hydrogen) atoms. The summed E-state index contributed by atoms with van der Waals surface area (Å²) in [6, 6.07) is 9.43. The highest BCUT2D eigenvalue weighted by Gasteiger charge is 2.07. The first-order valence-electron chi connectivity index (χ1n) is 10.9. The van der Waals surface area contributed by atoms with Gasteiger partial charge in [0.1, 0.15) is 0 Å². The van der Waals surface area contributed by atoms with Crippen LogP contribution in [0.2, 0.25) is 5.02 Å². The molecule has 0 spiro atoms. The Kier molecular flexibility index (Phi) is 9.53. The van der Waals surface area contributed by atoms with Crippen molar-refractivity contribution >= 4 is 35.1 Å². The molecule has 0 amide bonds. The van der Waals surface area contributed by atoms with E-state index in [4.69, 9.17) is 16.3 Å². The van der Waals surface area contributed by atoms with Crippen molar-refractivity contribution in [2.45, 2.75) is 39.5 Å². The van der Waals surface area contributed by atoms with Crippen LogP contribution in [0.3, 0.4) is 0 Å². The first-order chi connectivity index (χ1) is 16.1. The molecule has 9 heteroatoms. The van der Waals surface area contributed by atoms with Crippen LogP contribution in [0, 0.1) is 12.7 Å². The number of hydrazone groups is 1. The van der Waals surface area contributed by atoms with Crippen LogP contribution >= 0.6 is 11.6 Å². The van der Waals surface area contributed by atoms with Gasteiger partial charge in [-0.1, -0.05) is 30.7 Å². The minimum Gasteiger partial charge on any atom is -0.381 e. The number of nitrogens with one attached hydrogen (secondary N) is 2. The van der Waals surface area contributed by atoms with Gasteiger partial charge in [-0.15, -0.1) is 0 Å². The fourth-order valence-corrected chi connectivity index (χ4v) is 3.29. The Morgan fingerprint density at radius 2 is 2.00 bits per heavy atom. The van der Waals surface area contributed by atoms with Gasteiger partial charge in [0.2, 0.25) is 5.95 Å². The highest BCUT2D eigenvalue weighted by atomic mass is 35.5. The van der Waals surface area contributed by atoms with E-state index in [1.165, 1.54) is 0 Å². The molecule has 1 aromatic carbocycles. The van der Waals surface area contributed by atoms with Crippen LogP contribution in [0.25, 0.3) is 0 Å². The van der Waals surface area contributed by atoms with Crippen molar-refractivity contribution in [2.24, 2.45) is 5.10 Å². The Morgan fingerprint density at radius 1 is 1.12 bits per heavy atom. The van der Waals surface area contributed by atoms with Gasteiger partial charge in [-0.2, -0.15) is 5.10 Å². The molecular formula is C24H28ClFN6O. The second-order valence-electron chi connectivity index (χ2n) is 7.46. The third kappa shape index (κ3) is 7.76. The van der Waals surface area contributed by atoms with Gasteiger partial charge in [-0.25, -0.2) is 19.8 Å². The number of unbranched alkanes of at least 4 members (excludes halogenated alkanes) is 1. The van der Waals surface area contributed by atoms with Crippen molar-refractivity contribution in [3.8, 4) is 0 Å². The summed E-state index contributed by atoms with van der Waals surface area (Å²) >= 11 is 6.26. The Bertz CT molecular complexity index is 1040. The topological polar surface area (TPSA) is 84.3 Å². The van der Waals surface area contributed by atoms with E-state index in [0.717, 1.165) is 49.0 Å². The summed E-state index contributed by atoms with van der Waals surface area (Å²) < 4.78 is 19.4. The number of benzene rings is 1. The number of hydrogen-bond donors (Lipinski definition) is 2. The van der Waals surface area contributed by atoms with Crippen molar-refractivity contribution in [2.75, 3.05) is 24.0 Å². The van der Waals surface area contributed by atoms with E-state index in [-0.39, 0.29) is 5.95 Å². The number of ether oxygens (including phenoxy) is 1. The summed E-state index contributed by atoms with van der Waals surface area (Å²) in [6.45, 7) is 5.48. The van der Waals surface area contributed by atoms with E-state index < -0.39 is 5.82 Å². The van der Waals surface area contributed by atoms with E-state index in [2.05, 4.69) is 37.7 Å². The number of rotatable bonds is 12. The lowest BCUT2D eigenvalue weighted by Crippen LogP contribution is -2.04. The van der Waals surface area contributed by atoms with Gasteiger partial charge < -0.3 is 10.1 Å². The second-order valence-corrected chi connectivity index (χ2v) is 7.86. The number of nitrogens with zero attached hydrogens (tertiary/aromatic N) is 4.